The molecule has 21 heavy (non-hydrogen) atoms. The van der Waals surface area contributed by atoms with Gasteiger partial charge in [0.2, 0.25) is 0 Å². The van der Waals surface area contributed by atoms with Crippen LogP contribution in [0.5, 0.6) is 5.75 Å². The van der Waals surface area contributed by atoms with Crippen molar-refractivity contribution in [1.29, 1.82) is 0 Å². The lowest BCUT2D eigenvalue weighted by molar-refractivity contribution is 0.413. The third-order valence-corrected chi connectivity index (χ3v) is 3.49. The van der Waals surface area contributed by atoms with Gasteiger partial charge in [-0.25, -0.2) is 13.2 Å². The molecular formula is C15H13ClF3NO. The van der Waals surface area contributed by atoms with Crippen molar-refractivity contribution >= 4 is 11.6 Å². The summed E-state index contributed by atoms with van der Waals surface area (Å²) in [5.41, 5.74) is 0.615. The standard InChI is InChI=1S/C15H13ClF3NO/c1-20-15(8-3-5-10(16)12(7-8)21-2)9-4-6-11(17)14(19)13(9)18/h3-7,15,20H,1-2H3. The molecule has 0 aromatic heterocycles. The number of hydrogen-bond donors (Lipinski definition) is 1. The fourth-order valence-corrected chi connectivity index (χ4v) is 2.32. The van der Waals surface area contributed by atoms with Gasteiger partial charge < -0.3 is 10.1 Å². The molecule has 2 nitrogen and oxygen atoms in total. The van der Waals surface area contributed by atoms with E-state index in [2.05, 4.69) is 5.32 Å². The average Bonchev–Trinajstić information content (AvgIpc) is 2.49. The summed E-state index contributed by atoms with van der Waals surface area (Å²) in [6, 6.07) is 6.31. The highest BCUT2D eigenvalue weighted by atomic mass is 35.5. The van der Waals surface area contributed by atoms with E-state index in [9.17, 15) is 13.2 Å². The van der Waals surface area contributed by atoms with Gasteiger partial charge in [-0.1, -0.05) is 23.7 Å². The monoisotopic (exact) mass is 315 g/mol. The highest BCUT2D eigenvalue weighted by Gasteiger charge is 2.21. The van der Waals surface area contributed by atoms with Crippen molar-refractivity contribution in [3.63, 3.8) is 0 Å². The fraction of sp³-hybridized carbons (Fsp3) is 0.200. The van der Waals surface area contributed by atoms with Gasteiger partial charge in [-0.05, 0) is 30.8 Å². The summed E-state index contributed by atoms with van der Waals surface area (Å²) < 4.78 is 45.5. The maximum atomic E-state index is 13.9. The van der Waals surface area contributed by atoms with Crippen molar-refractivity contribution in [2.75, 3.05) is 14.2 Å². The molecule has 1 atom stereocenters. The SMILES string of the molecule is CNC(c1ccc(Cl)c(OC)c1)c1ccc(F)c(F)c1F. The Morgan fingerprint density at radius 2 is 1.81 bits per heavy atom. The van der Waals surface area contributed by atoms with Crippen LogP contribution in [0.3, 0.4) is 0 Å². The van der Waals surface area contributed by atoms with E-state index in [1.54, 1.807) is 25.2 Å². The van der Waals surface area contributed by atoms with Crippen molar-refractivity contribution in [2.24, 2.45) is 0 Å². The number of halogens is 4. The Balaban J connectivity index is 2.52. The molecule has 0 radical (unpaired) electrons. The van der Waals surface area contributed by atoms with Crippen LogP contribution in [-0.4, -0.2) is 14.2 Å². The molecule has 1 N–H and O–H groups in total. The van der Waals surface area contributed by atoms with Crippen molar-refractivity contribution in [3.05, 3.63) is 63.9 Å². The maximum Gasteiger partial charge on any atom is 0.194 e. The Labute approximate surface area is 125 Å². The lowest BCUT2D eigenvalue weighted by atomic mass is 9.98. The van der Waals surface area contributed by atoms with Gasteiger partial charge >= 0.3 is 0 Å². The van der Waals surface area contributed by atoms with Crippen LogP contribution in [0.15, 0.2) is 30.3 Å². The fourth-order valence-electron chi connectivity index (χ4n) is 2.12. The Bertz CT molecular complexity index is 664. The summed E-state index contributed by atoms with van der Waals surface area (Å²) in [7, 11) is 3.05. The zero-order chi connectivity index (χ0) is 15.6. The molecule has 2 rings (SSSR count). The van der Waals surface area contributed by atoms with Crippen LogP contribution in [0.2, 0.25) is 5.02 Å². The van der Waals surface area contributed by atoms with E-state index < -0.39 is 23.5 Å². The first-order chi connectivity index (χ1) is 9.99. The molecule has 0 saturated heterocycles. The minimum Gasteiger partial charge on any atom is -0.495 e. The predicted molar refractivity (Wildman–Crippen MR) is 75.2 cm³/mol. The van der Waals surface area contributed by atoms with Gasteiger partial charge in [0.25, 0.3) is 0 Å². The quantitative estimate of drug-likeness (QED) is 0.859. The zero-order valence-electron chi connectivity index (χ0n) is 11.4. The van der Waals surface area contributed by atoms with E-state index >= 15 is 0 Å². The minimum absolute atomic E-state index is 0.000718. The number of rotatable bonds is 4. The normalized spacial score (nSPS) is 12.3. The van der Waals surface area contributed by atoms with Crippen LogP contribution in [0.1, 0.15) is 17.2 Å². The van der Waals surface area contributed by atoms with Crippen LogP contribution < -0.4 is 10.1 Å². The van der Waals surface area contributed by atoms with E-state index in [4.69, 9.17) is 16.3 Å². The number of nitrogens with one attached hydrogen (secondary N) is 1. The second-order valence-corrected chi connectivity index (χ2v) is 4.79. The maximum absolute atomic E-state index is 13.9. The first kappa shape index (κ1) is 15.7. The highest BCUT2D eigenvalue weighted by molar-refractivity contribution is 6.32. The molecule has 0 saturated carbocycles. The Kier molecular flexibility index (Phi) is 4.75. The van der Waals surface area contributed by atoms with Crippen LogP contribution in [0.25, 0.3) is 0 Å². The Morgan fingerprint density at radius 1 is 1.10 bits per heavy atom. The molecule has 0 spiro atoms. The van der Waals surface area contributed by atoms with Gasteiger partial charge in [0.1, 0.15) is 5.75 Å². The summed E-state index contributed by atoms with van der Waals surface area (Å²) in [5, 5.41) is 3.27. The third kappa shape index (κ3) is 2.99. The zero-order valence-corrected chi connectivity index (χ0v) is 12.1. The highest BCUT2D eigenvalue weighted by Crippen LogP contribution is 2.32. The molecule has 0 bridgehead atoms. The molecule has 112 valence electrons. The van der Waals surface area contributed by atoms with Gasteiger partial charge in [-0.15, -0.1) is 0 Å². The van der Waals surface area contributed by atoms with Crippen molar-refractivity contribution in [2.45, 2.75) is 6.04 Å². The predicted octanol–water partition coefficient (Wildman–Crippen LogP) is 4.07. The van der Waals surface area contributed by atoms with E-state index in [1.807, 2.05) is 0 Å². The summed E-state index contributed by atoms with van der Waals surface area (Å²) in [5.74, 6) is -3.52. The van der Waals surface area contributed by atoms with Crippen LogP contribution in [0.4, 0.5) is 13.2 Å². The van der Waals surface area contributed by atoms with Crippen LogP contribution in [0, 0.1) is 17.5 Å². The first-order valence-electron chi connectivity index (χ1n) is 6.13. The molecule has 1 unspecified atom stereocenters. The molecule has 6 heteroatoms. The largest absolute Gasteiger partial charge is 0.495 e. The molecule has 0 aliphatic carbocycles. The van der Waals surface area contributed by atoms with Crippen LogP contribution >= 0.6 is 11.6 Å². The second-order valence-electron chi connectivity index (χ2n) is 4.38. The summed E-state index contributed by atoms with van der Waals surface area (Å²) in [6.07, 6.45) is 0. The Morgan fingerprint density at radius 3 is 2.43 bits per heavy atom. The summed E-state index contributed by atoms with van der Waals surface area (Å²) >= 11 is 5.94. The molecular weight excluding hydrogens is 303 g/mol. The van der Waals surface area contributed by atoms with E-state index in [1.165, 1.54) is 13.2 Å². The van der Waals surface area contributed by atoms with E-state index in [0.717, 1.165) is 6.07 Å². The third-order valence-electron chi connectivity index (χ3n) is 3.17. The van der Waals surface area contributed by atoms with E-state index in [-0.39, 0.29) is 5.56 Å². The molecule has 2 aromatic carbocycles. The number of hydrogen-bond acceptors (Lipinski definition) is 2. The van der Waals surface area contributed by atoms with Gasteiger partial charge in [-0.2, -0.15) is 0 Å². The van der Waals surface area contributed by atoms with Gasteiger partial charge in [0.15, 0.2) is 17.5 Å². The van der Waals surface area contributed by atoms with Crippen LogP contribution in [-0.2, 0) is 0 Å². The lowest BCUT2D eigenvalue weighted by Crippen LogP contribution is -2.20. The second kappa shape index (κ2) is 6.37. The molecule has 0 aliphatic rings. The summed E-state index contributed by atoms with van der Waals surface area (Å²) in [4.78, 5) is 0. The molecule has 0 fully saturated rings. The molecule has 0 aliphatic heterocycles. The number of methoxy groups -OCH3 is 1. The first-order valence-corrected chi connectivity index (χ1v) is 6.51. The number of benzene rings is 2. The van der Waals surface area contributed by atoms with Crippen molar-refractivity contribution in [3.8, 4) is 5.75 Å². The minimum atomic E-state index is -1.49. The Hall–Kier alpha value is -1.72. The van der Waals surface area contributed by atoms with Crippen molar-refractivity contribution in [1.82, 2.24) is 5.32 Å². The number of ether oxygens (including phenoxy) is 1. The smallest absolute Gasteiger partial charge is 0.194 e. The average molecular weight is 316 g/mol. The van der Waals surface area contributed by atoms with Gasteiger partial charge in [0.05, 0.1) is 18.2 Å². The summed E-state index contributed by atoms with van der Waals surface area (Å²) in [6.45, 7) is 0. The van der Waals surface area contributed by atoms with Gasteiger partial charge in [0, 0.05) is 5.56 Å². The lowest BCUT2D eigenvalue weighted by Gasteiger charge is -2.19. The molecule has 0 amide bonds. The topological polar surface area (TPSA) is 21.3 Å². The van der Waals surface area contributed by atoms with Gasteiger partial charge in [-0.3, -0.25) is 0 Å². The molecule has 0 heterocycles. The van der Waals surface area contributed by atoms with E-state index in [0.29, 0.717) is 16.3 Å². The van der Waals surface area contributed by atoms with Crippen molar-refractivity contribution < 1.29 is 17.9 Å². The molecule has 2 aromatic rings.